The van der Waals surface area contributed by atoms with E-state index < -0.39 is 0 Å². The topological polar surface area (TPSA) is 28.7 Å². The van der Waals surface area contributed by atoms with Crippen LogP contribution in [0.15, 0.2) is 24.5 Å². The van der Waals surface area contributed by atoms with Crippen molar-refractivity contribution in [1.82, 2.24) is 9.97 Å². The lowest BCUT2D eigenvalue weighted by Gasteiger charge is -2.02. The smallest absolute Gasteiger partial charge is 0.138 e. The number of H-pyrrole nitrogens is 1. The van der Waals surface area contributed by atoms with Crippen LogP contribution in [0.5, 0.6) is 0 Å². The van der Waals surface area contributed by atoms with Crippen LogP contribution in [-0.4, -0.2) is 9.97 Å². The molecule has 0 fully saturated rings. The zero-order chi connectivity index (χ0) is 10.1. The maximum atomic E-state index is 6.01. The molecule has 0 aliphatic carbocycles. The van der Waals surface area contributed by atoms with Gasteiger partial charge in [0.2, 0.25) is 0 Å². The summed E-state index contributed by atoms with van der Waals surface area (Å²) in [7, 11) is 0. The van der Waals surface area contributed by atoms with Crippen molar-refractivity contribution < 1.29 is 0 Å². The molecule has 0 bridgehead atoms. The highest BCUT2D eigenvalue weighted by Gasteiger charge is 2.09. The minimum absolute atomic E-state index is 0.539. The highest BCUT2D eigenvalue weighted by atomic mass is 35.5. The average Bonchev–Trinajstić information content (AvgIpc) is 2.49. The number of nitrogens with zero attached hydrogens (tertiary/aromatic N) is 1. The first-order valence-corrected chi connectivity index (χ1v) is 4.83. The first-order chi connectivity index (χ1) is 6.70. The van der Waals surface area contributed by atoms with Gasteiger partial charge < -0.3 is 4.98 Å². The minimum Gasteiger partial charge on any atom is -0.361 e. The van der Waals surface area contributed by atoms with Crippen LogP contribution in [0.4, 0.5) is 0 Å². The van der Waals surface area contributed by atoms with Gasteiger partial charge in [-0.2, -0.15) is 0 Å². The largest absolute Gasteiger partial charge is 0.361 e. The van der Waals surface area contributed by atoms with E-state index in [0.29, 0.717) is 5.15 Å². The van der Waals surface area contributed by atoms with E-state index in [1.54, 1.807) is 6.20 Å². The van der Waals surface area contributed by atoms with E-state index in [4.69, 9.17) is 11.6 Å². The van der Waals surface area contributed by atoms with Gasteiger partial charge in [0.05, 0.1) is 5.69 Å². The molecule has 14 heavy (non-hydrogen) atoms. The van der Waals surface area contributed by atoms with Crippen LogP contribution in [0.3, 0.4) is 0 Å². The lowest BCUT2D eigenvalue weighted by atomic mass is 10.1. The van der Waals surface area contributed by atoms with Crippen LogP contribution in [-0.2, 0) is 0 Å². The van der Waals surface area contributed by atoms with E-state index in [1.807, 2.05) is 18.3 Å². The van der Waals surface area contributed by atoms with Gasteiger partial charge in [-0.05, 0) is 37.1 Å². The van der Waals surface area contributed by atoms with Gasteiger partial charge in [0.1, 0.15) is 5.15 Å². The molecule has 0 saturated heterocycles. The Morgan fingerprint density at radius 1 is 1.36 bits per heavy atom. The molecule has 2 heterocycles. The molecule has 0 aliphatic rings. The third-order valence-electron chi connectivity index (χ3n) is 2.43. The van der Waals surface area contributed by atoms with E-state index >= 15 is 0 Å². The molecule has 0 saturated carbocycles. The van der Waals surface area contributed by atoms with Crippen molar-refractivity contribution in [2.75, 3.05) is 0 Å². The standard InChI is InChI=1S/C11H11ClN2/c1-7-6-14-10(8(7)2)9-4-3-5-13-11(9)12/h3-6,14H,1-2H3. The number of hydrogen-bond donors (Lipinski definition) is 1. The molecule has 72 valence electrons. The lowest BCUT2D eigenvalue weighted by Crippen LogP contribution is -1.84. The molecule has 0 aliphatic heterocycles. The molecule has 2 nitrogen and oxygen atoms in total. The van der Waals surface area contributed by atoms with Gasteiger partial charge in [0.25, 0.3) is 0 Å². The summed E-state index contributed by atoms with van der Waals surface area (Å²) in [6.45, 7) is 4.14. The second-order valence-electron chi connectivity index (χ2n) is 3.31. The summed E-state index contributed by atoms with van der Waals surface area (Å²) < 4.78 is 0. The maximum absolute atomic E-state index is 6.01. The summed E-state index contributed by atoms with van der Waals surface area (Å²) in [5.41, 5.74) is 4.47. The fraction of sp³-hybridized carbons (Fsp3) is 0.182. The Bertz CT molecular complexity index is 460. The third-order valence-corrected chi connectivity index (χ3v) is 2.73. The number of hydrogen-bond acceptors (Lipinski definition) is 1. The lowest BCUT2D eigenvalue weighted by molar-refractivity contribution is 1.29. The average molecular weight is 207 g/mol. The summed E-state index contributed by atoms with van der Waals surface area (Å²) in [5, 5.41) is 0.539. The third kappa shape index (κ3) is 1.42. The first-order valence-electron chi connectivity index (χ1n) is 4.45. The van der Waals surface area contributed by atoms with Crippen molar-refractivity contribution in [1.29, 1.82) is 0 Å². The highest BCUT2D eigenvalue weighted by Crippen LogP contribution is 2.28. The molecule has 3 heteroatoms. The number of pyridine rings is 1. The molecule has 0 unspecified atom stereocenters. The Morgan fingerprint density at radius 3 is 2.71 bits per heavy atom. The maximum Gasteiger partial charge on any atom is 0.138 e. The Balaban J connectivity index is 2.60. The molecule has 0 amide bonds. The van der Waals surface area contributed by atoms with Gasteiger partial charge in [-0.3, -0.25) is 0 Å². The molecule has 0 atom stereocenters. The molecular formula is C11H11ClN2. The predicted octanol–water partition coefficient (Wildman–Crippen LogP) is 3.35. The number of halogens is 1. The Hall–Kier alpha value is -1.28. The number of aromatic amines is 1. The van der Waals surface area contributed by atoms with Gasteiger partial charge >= 0.3 is 0 Å². The van der Waals surface area contributed by atoms with Crippen LogP contribution in [0.1, 0.15) is 11.1 Å². The number of rotatable bonds is 1. The van der Waals surface area contributed by atoms with Crippen LogP contribution >= 0.6 is 11.6 Å². The number of aromatic nitrogens is 2. The fourth-order valence-corrected chi connectivity index (χ4v) is 1.66. The Labute approximate surface area is 88.0 Å². The van der Waals surface area contributed by atoms with Crippen molar-refractivity contribution in [2.45, 2.75) is 13.8 Å². The van der Waals surface area contributed by atoms with Gasteiger partial charge in [0, 0.05) is 18.0 Å². The van der Waals surface area contributed by atoms with Crippen molar-refractivity contribution in [3.8, 4) is 11.3 Å². The zero-order valence-corrected chi connectivity index (χ0v) is 8.89. The quantitative estimate of drug-likeness (QED) is 0.713. The monoisotopic (exact) mass is 206 g/mol. The number of nitrogens with one attached hydrogen (secondary N) is 1. The molecule has 2 aromatic rings. The summed E-state index contributed by atoms with van der Waals surface area (Å²) in [6, 6.07) is 3.85. The zero-order valence-electron chi connectivity index (χ0n) is 8.13. The van der Waals surface area contributed by atoms with Gasteiger partial charge in [-0.25, -0.2) is 4.98 Å². The van der Waals surface area contributed by atoms with E-state index in [0.717, 1.165) is 11.3 Å². The summed E-state index contributed by atoms with van der Waals surface area (Å²) in [6.07, 6.45) is 3.67. The molecule has 2 rings (SSSR count). The van der Waals surface area contributed by atoms with E-state index in [1.165, 1.54) is 11.1 Å². The molecule has 0 aromatic carbocycles. The summed E-state index contributed by atoms with van der Waals surface area (Å²) in [5.74, 6) is 0. The van der Waals surface area contributed by atoms with E-state index in [2.05, 4.69) is 23.8 Å². The van der Waals surface area contributed by atoms with Crippen LogP contribution in [0, 0.1) is 13.8 Å². The highest BCUT2D eigenvalue weighted by molar-refractivity contribution is 6.32. The second-order valence-corrected chi connectivity index (χ2v) is 3.67. The fourth-order valence-electron chi connectivity index (χ4n) is 1.45. The van der Waals surface area contributed by atoms with E-state index in [9.17, 15) is 0 Å². The normalized spacial score (nSPS) is 10.5. The summed E-state index contributed by atoms with van der Waals surface area (Å²) >= 11 is 6.01. The summed E-state index contributed by atoms with van der Waals surface area (Å²) in [4.78, 5) is 7.26. The van der Waals surface area contributed by atoms with Crippen molar-refractivity contribution >= 4 is 11.6 Å². The van der Waals surface area contributed by atoms with Crippen molar-refractivity contribution in [3.05, 3.63) is 40.8 Å². The van der Waals surface area contributed by atoms with Crippen LogP contribution < -0.4 is 0 Å². The number of aryl methyl sites for hydroxylation is 1. The van der Waals surface area contributed by atoms with E-state index in [-0.39, 0.29) is 0 Å². The Kier molecular flexibility index (Phi) is 2.30. The molecule has 1 N–H and O–H groups in total. The Morgan fingerprint density at radius 2 is 2.14 bits per heavy atom. The molecule has 2 aromatic heterocycles. The molecular weight excluding hydrogens is 196 g/mol. The van der Waals surface area contributed by atoms with Gasteiger partial charge in [0.15, 0.2) is 0 Å². The second kappa shape index (κ2) is 3.46. The van der Waals surface area contributed by atoms with Gasteiger partial charge in [-0.1, -0.05) is 11.6 Å². The molecule has 0 spiro atoms. The first kappa shape index (κ1) is 9.28. The van der Waals surface area contributed by atoms with Crippen LogP contribution in [0.2, 0.25) is 5.15 Å². The predicted molar refractivity (Wildman–Crippen MR) is 58.5 cm³/mol. The SMILES string of the molecule is Cc1c[nH]c(-c2cccnc2Cl)c1C. The van der Waals surface area contributed by atoms with Crippen LogP contribution in [0.25, 0.3) is 11.3 Å². The minimum atomic E-state index is 0.539. The van der Waals surface area contributed by atoms with Gasteiger partial charge in [-0.15, -0.1) is 0 Å². The molecule has 0 radical (unpaired) electrons. The van der Waals surface area contributed by atoms with Crippen molar-refractivity contribution in [3.63, 3.8) is 0 Å². The van der Waals surface area contributed by atoms with Crippen molar-refractivity contribution in [2.24, 2.45) is 0 Å².